The van der Waals surface area contributed by atoms with Crippen molar-refractivity contribution in [1.82, 2.24) is 4.98 Å². The van der Waals surface area contributed by atoms with E-state index in [0.29, 0.717) is 10.3 Å². The van der Waals surface area contributed by atoms with Gasteiger partial charge in [0.05, 0.1) is 5.54 Å². The molecule has 1 rings (SSSR count). The Morgan fingerprint density at radius 3 is 2.71 bits per heavy atom. The molecule has 0 saturated carbocycles. The number of halogens is 3. The van der Waals surface area contributed by atoms with Crippen LogP contribution in [0.3, 0.4) is 0 Å². The molecule has 1 unspecified atom stereocenters. The molecule has 5 heteroatoms. The van der Waals surface area contributed by atoms with E-state index in [1.807, 2.05) is 0 Å². The number of nitrogens with zero attached hydrogens (tertiary/aromatic N) is 1. The summed E-state index contributed by atoms with van der Waals surface area (Å²) in [6.07, 6.45) is -2.49. The van der Waals surface area contributed by atoms with Crippen molar-refractivity contribution in [3.05, 3.63) is 28.5 Å². The summed E-state index contributed by atoms with van der Waals surface area (Å²) in [4.78, 5) is 4.04. The van der Waals surface area contributed by atoms with Gasteiger partial charge in [-0.05, 0) is 35.0 Å². The van der Waals surface area contributed by atoms with Gasteiger partial charge in [-0.25, -0.2) is 13.8 Å². The zero-order chi connectivity index (χ0) is 10.8. The molecule has 78 valence electrons. The molecule has 1 heterocycles. The third-order valence-electron chi connectivity index (χ3n) is 1.83. The van der Waals surface area contributed by atoms with Crippen LogP contribution in [0.1, 0.15) is 12.6 Å². The van der Waals surface area contributed by atoms with E-state index in [2.05, 4.69) is 20.9 Å². The van der Waals surface area contributed by atoms with Gasteiger partial charge >= 0.3 is 0 Å². The molecule has 0 fully saturated rings. The van der Waals surface area contributed by atoms with E-state index < -0.39 is 12.0 Å². The number of rotatable bonds is 3. The normalized spacial score (nSPS) is 15.6. The Hall–Kier alpha value is -0.550. The fourth-order valence-corrected chi connectivity index (χ4v) is 1.40. The first-order chi connectivity index (χ1) is 6.42. The predicted octanol–water partition coefficient (Wildman–Crippen LogP) is 2.37. The Morgan fingerprint density at radius 1 is 1.57 bits per heavy atom. The summed E-state index contributed by atoms with van der Waals surface area (Å²) in [5.41, 5.74) is 4.48. The summed E-state index contributed by atoms with van der Waals surface area (Å²) < 4.78 is 25.5. The molecule has 0 bridgehead atoms. The number of pyridine rings is 1. The fraction of sp³-hybridized carbons (Fsp3) is 0.444. The lowest BCUT2D eigenvalue weighted by Gasteiger charge is -2.22. The summed E-state index contributed by atoms with van der Waals surface area (Å²) >= 11 is 3.17. The monoisotopic (exact) mass is 264 g/mol. The number of hydrogen-bond donors (Lipinski definition) is 1. The molecule has 0 aliphatic heterocycles. The molecule has 2 nitrogen and oxygen atoms in total. The van der Waals surface area contributed by atoms with E-state index in [1.165, 1.54) is 6.92 Å². The highest BCUT2D eigenvalue weighted by Crippen LogP contribution is 2.18. The average Bonchev–Trinajstić information content (AvgIpc) is 2.02. The number of nitrogens with two attached hydrogens (primary N) is 1. The Morgan fingerprint density at radius 2 is 2.21 bits per heavy atom. The Balaban J connectivity index is 2.78. The van der Waals surface area contributed by atoms with Gasteiger partial charge in [0.2, 0.25) is 0 Å². The first-order valence-electron chi connectivity index (χ1n) is 4.10. The molecule has 0 aliphatic carbocycles. The summed E-state index contributed by atoms with van der Waals surface area (Å²) in [5, 5.41) is 0. The standard InChI is InChI=1S/C9H11BrF2N2/c1-9(13,8(11)12)5-6-3-2-4-7(10)14-6/h2-4,8H,5,13H2,1H3. The van der Waals surface area contributed by atoms with Crippen molar-refractivity contribution < 1.29 is 8.78 Å². The van der Waals surface area contributed by atoms with E-state index >= 15 is 0 Å². The molecule has 1 aromatic heterocycles. The van der Waals surface area contributed by atoms with Gasteiger partial charge in [-0.1, -0.05) is 6.07 Å². The highest BCUT2D eigenvalue weighted by atomic mass is 79.9. The molecule has 0 aliphatic rings. The molecule has 0 radical (unpaired) electrons. The second-order valence-electron chi connectivity index (χ2n) is 3.43. The van der Waals surface area contributed by atoms with Crippen LogP contribution < -0.4 is 5.73 Å². The Kier molecular flexibility index (Phi) is 3.55. The van der Waals surface area contributed by atoms with E-state index in [0.717, 1.165) is 0 Å². The quantitative estimate of drug-likeness (QED) is 0.852. The zero-order valence-corrected chi connectivity index (χ0v) is 9.26. The summed E-state index contributed by atoms with van der Waals surface area (Å²) in [6, 6.07) is 5.16. The minimum atomic E-state index is -2.55. The Bertz CT molecular complexity index is 315. The van der Waals surface area contributed by atoms with Gasteiger partial charge in [-0.2, -0.15) is 0 Å². The van der Waals surface area contributed by atoms with Crippen LogP contribution in [0.4, 0.5) is 8.78 Å². The minimum absolute atomic E-state index is 0.0596. The van der Waals surface area contributed by atoms with Crippen molar-refractivity contribution in [2.75, 3.05) is 0 Å². The first-order valence-corrected chi connectivity index (χ1v) is 4.89. The highest BCUT2D eigenvalue weighted by Gasteiger charge is 2.30. The van der Waals surface area contributed by atoms with Crippen molar-refractivity contribution in [3.63, 3.8) is 0 Å². The van der Waals surface area contributed by atoms with Crippen LogP contribution in [-0.4, -0.2) is 16.9 Å². The van der Waals surface area contributed by atoms with Crippen LogP contribution in [0.2, 0.25) is 0 Å². The minimum Gasteiger partial charge on any atom is -0.320 e. The highest BCUT2D eigenvalue weighted by molar-refractivity contribution is 9.10. The van der Waals surface area contributed by atoms with Crippen molar-refractivity contribution in [2.24, 2.45) is 5.73 Å². The molecule has 1 atom stereocenters. The molecule has 0 aromatic carbocycles. The van der Waals surface area contributed by atoms with Gasteiger partial charge in [0.25, 0.3) is 6.43 Å². The van der Waals surface area contributed by atoms with Crippen molar-refractivity contribution >= 4 is 15.9 Å². The predicted molar refractivity (Wildman–Crippen MR) is 54.2 cm³/mol. The van der Waals surface area contributed by atoms with E-state index in [9.17, 15) is 8.78 Å². The lowest BCUT2D eigenvalue weighted by molar-refractivity contribution is 0.0634. The van der Waals surface area contributed by atoms with Crippen LogP contribution in [0.15, 0.2) is 22.8 Å². The zero-order valence-electron chi connectivity index (χ0n) is 7.67. The number of alkyl halides is 2. The van der Waals surface area contributed by atoms with E-state index in [1.54, 1.807) is 18.2 Å². The molecule has 0 spiro atoms. The van der Waals surface area contributed by atoms with Gasteiger partial charge in [0.1, 0.15) is 4.60 Å². The maximum atomic E-state index is 12.4. The lowest BCUT2D eigenvalue weighted by Crippen LogP contribution is -2.46. The summed E-state index contributed by atoms with van der Waals surface area (Å²) in [6.45, 7) is 1.32. The van der Waals surface area contributed by atoms with Crippen LogP contribution >= 0.6 is 15.9 Å². The van der Waals surface area contributed by atoms with Crippen LogP contribution in [0, 0.1) is 0 Å². The molecule has 0 amide bonds. The number of aromatic nitrogens is 1. The second kappa shape index (κ2) is 4.31. The average molecular weight is 265 g/mol. The van der Waals surface area contributed by atoms with Gasteiger partial charge in [-0.15, -0.1) is 0 Å². The maximum absolute atomic E-state index is 12.4. The summed E-state index contributed by atoms with van der Waals surface area (Å²) in [5.74, 6) is 0. The molecular weight excluding hydrogens is 254 g/mol. The molecule has 14 heavy (non-hydrogen) atoms. The Labute approximate surface area is 89.6 Å². The van der Waals surface area contributed by atoms with Gasteiger partial charge < -0.3 is 5.73 Å². The SMILES string of the molecule is CC(N)(Cc1cccc(Br)n1)C(F)F. The molecule has 0 saturated heterocycles. The van der Waals surface area contributed by atoms with E-state index in [4.69, 9.17) is 5.73 Å². The largest absolute Gasteiger partial charge is 0.320 e. The third-order valence-corrected chi connectivity index (χ3v) is 2.27. The fourth-order valence-electron chi connectivity index (χ4n) is 1.02. The first kappa shape index (κ1) is 11.5. The second-order valence-corrected chi connectivity index (χ2v) is 4.25. The van der Waals surface area contributed by atoms with Crippen LogP contribution in [-0.2, 0) is 6.42 Å². The smallest absolute Gasteiger partial charge is 0.256 e. The molecular formula is C9H11BrF2N2. The van der Waals surface area contributed by atoms with Crippen molar-refractivity contribution in [1.29, 1.82) is 0 Å². The number of hydrogen-bond acceptors (Lipinski definition) is 2. The third kappa shape index (κ3) is 2.99. The maximum Gasteiger partial charge on any atom is 0.256 e. The van der Waals surface area contributed by atoms with Gasteiger partial charge in [0.15, 0.2) is 0 Å². The lowest BCUT2D eigenvalue weighted by atomic mass is 9.97. The van der Waals surface area contributed by atoms with Crippen molar-refractivity contribution in [2.45, 2.75) is 25.3 Å². The molecule has 1 aromatic rings. The van der Waals surface area contributed by atoms with Crippen LogP contribution in [0.25, 0.3) is 0 Å². The molecule has 2 N–H and O–H groups in total. The topological polar surface area (TPSA) is 38.9 Å². The van der Waals surface area contributed by atoms with E-state index in [-0.39, 0.29) is 6.42 Å². The van der Waals surface area contributed by atoms with Crippen LogP contribution in [0.5, 0.6) is 0 Å². The van der Waals surface area contributed by atoms with Crippen molar-refractivity contribution in [3.8, 4) is 0 Å². The summed E-state index contributed by atoms with van der Waals surface area (Å²) in [7, 11) is 0. The van der Waals surface area contributed by atoms with Gasteiger partial charge in [-0.3, -0.25) is 0 Å². The van der Waals surface area contributed by atoms with Gasteiger partial charge in [0, 0.05) is 12.1 Å².